The smallest absolute Gasteiger partial charge is 0.333 e. The summed E-state index contributed by atoms with van der Waals surface area (Å²) in [7, 11) is 0. The Morgan fingerprint density at radius 2 is 1.91 bits per heavy atom. The molecular formula is C22H15ClN6O3. The number of aromatic nitrogens is 5. The minimum atomic E-state index is -0.459. The summed E-state index contributed by atoms with van der Waals surface area (Å²) in [4.78, 5) is 29.6. The highest BCUT2D eigenvalue weighted by Gasteiger charge is 2.18. The maximum absolute atomic E-state index is 12.8. The molecule has 0 bridgehead atoms. The predicted octanol–water partition coefficient (Wildman–Crippen LogP) is 3.51. The highest BCUT2D eigenvalue weighted by molar-refractivity contribution is 6.30. The molecule has 0 aliphatic rings. The molecule has 1 amide bonds. The number of carbonyl (C=O) groups is 1. The fraction of sp³-hybridized carbons (Fsp3) is 0.0455. The van der Waals surface area contributed by atoms with Crippen molar-refractivity contribution in [2.75, 3.05) is 5.32 Å². The zero-order chi connectivity index (χ0) is 22.1. The Morgan fingerprint density at radius 1 is 1.06 bits per heavy atom. The van der Waals surface area contributed by atoms with Crippen LogP contribution in [0.3, 0.4) is 0 Å². The number of hydrogen-bond acceptors (Lipinski definition) is 6. The highest BCUT2D eigenvalue weighted by Crippen LogP contribution is 2.25. The highest BCUT2D eigenvalue weighted by atomic mass is 35.5. The first-order chi connectivity index (χ1) is 15.6. The Bertz CT molecular complexity index is 1490. The van der Waals surface area contributed by atoms with Crippen molar-refractivity contribution in [2.45, 2.75) is 6.54 Å². The lowest BCUT2D eigenvalue weighted by molar-refractivity contribution is -0.117. The molecule has 0 saturated carbocycles. The zero-order valence-electron chi connectivity index (χ0n) is 16.5. The number of rotatable bonds is 5. The maximum atomic E-state index is 12.8. The lowest BCUT2D eigenvalue weighted by Gasteiger charge is -2.03. The van der Waals surface area contributed by atoms with Gasteiger partial charge >= 0.3 is 5.69 Å². The lowest BCUT2D eigenvalue weighted by atomic mass is 10.2. The largest absolute Gasteiger partial charge is 0.350 e. The molecule has 2 aromatic carbocycles. The van der Waals surface area contributed by atoms with E-state index in [4.69, 9.17) is 16.1 Å². The minimum Gasteiger partial charge on any atom is -0.333 e. The molecule has 0 aliphatic heterocycles. The van der Waals surface area contributed by atoms with Crippen LogP contribution in [0.25, 0.3) is 28.5 Å². The molecule has 0 atom stereocenters. The number of halogens is 1. The Kier molecular flexibility index (Phi) is 5.00. The van der Waals surface area contributed by atoms with E-state index in [-0.39, 0.29) is 18.3 Å². The van der Waals surface area contributed by atoms with Gasteiger partial charge in [0.25, 0.3) is 5.89 Å². The van der Waals surface area contributed by atoms with Crippen LogP contribution in [-0.2, 0) is 11.3 Å². The second-order valence-electron chi connectivity index (χ2n) is 6.90. The zero-order valence-corrected chi connectivity index (χ0v) is 17.2. The summed E-state index contributed by atoms with van der Waals surface area (Å²) in [5.41, 5.74) is 1.63. The molecule has 10 heteroatoms. The number of carbonyl (C=O) groups excluding carboxylic acids is 1. The van der Waals surface area contributed by atoms with Gasteiger partial charge in [0.05, 0.1) is 5.56 Å². The maximum Gasteiger partial charge on any atom is 0.350 e. The van der Waals surface area contributed by atoms with E-state index in [1.807, 2.05) is 12.1 Å². The van der Waals surface area contributed by atoms with Crippen LogP contribution in [0.1, 0.15) is 0 Å². The van der Waals surface area contributed by atoms with Gasteiger partial charge in [-0.1, -0.05) is 47.1 Å². The standard InChI is InChI=1S/C22H15ClN6O3/c23-15-7-4-6-14(12-15)19-25-21(32-27-19)17-10-5-11-28-20(17)26-29(22(28)31)13-18(30)24-16-8-2-1-3-9-16/h1-12H,13H2,(H,24,30). The molecule has 0 aliphatic carbocycles. The fourth-order valence-electron chi connectivity index (χ4n) is 3.24. The van der Waals surface area contributed by atoms with Crippen molar-refractivity contribution in [3.8, 4) is 22.8 Å². The first-order valence-corrected chi connectivity index (χ1v) is 9.99. The van der Waals surface area contributed by atoms with Gasteiger partial charge in [-0.3, -0.25) is 4.79 Å². The van der Waals surface area contributed by atoms with Crippen LogP contribution in [-0.4, -0.2) is 30.2 Å². The van der Waals surface area contributed by atoms with Crippen LogP contribution >= 0.6 is 11.6 Å². The second-order valence-corrected chi connectivity index (χ2v) is 7.34. The number of nitrogens with one attached hydrogen (secondary N) is 1. The van der Waals surface area contributed by atoms with Crippen molar-refractivity contribution in [1.82, 2.24) is 24.3 Å². The van der Waals surface area contributed by atoms with Gasteiger partial charge in [0, 0.05) is 22.5 Å². The molecule has 1 N–H and O–H groups in total. The Morgan fingerprint density at radius 3 is 2.72 bits per heavy atom. The number of hydrogen-bond donors (Lipinski definition) is 1. The molecule has 32 heavy (non-hydrogen) atoms. The van der Waals surface area contributed by atoms with E-state index in [1.165, 1.54) is 4.40 Å². The number of pyridine rings is 1. The summed E-state index contributed by atoms with van der Waals surface area (Å²) >= 11 is 6.04. The van der Waals surface area contributed by atoms with E-state index < -0.39 is 5.69 Å². The summed E-state index contributed by atoms with van der Waals surface area (Å²) in [5.74, 6) is 0.175. The molecule has 5 rings (SSSR count). The number of nitrogens with zero attached hydrogens (tertiary/aromatic N) is 5. The molecule has 0 fully saturated rings. The van der Waals surface area contributed by atoms with Crippen molar-refractivity contribution in [2.24, 2.45) is 0 Å². The van der Waals surface area contributed by atoms with Gasteiger partial charge in [-0.05, 0) is 36.4 Å². The summed E-state index contributed by atoms with van der Waals surface area (Å²) in [6.45, 7) is -0.244. The van der Waals surface area contributed by atoms with Crippen LogP contribution in [0.5, 0.6) is 0 Å². The average molecular weight is 447 g/mol. The third kappa shape index (κ3) is 3.77. The summed E-state index contributed by atoms with van der Waals surface area (Å²) < 4.78 is 7.83. The topological polar surface area (TPSA) is 107 Å². The van der Waals surface area contributed by atoms with Crippen LogP contribution in [0, 0.1) is 0 Å². The predicted molar refractivity (Wildman–Crippen MR) is 118 cm³/mol. The van der Waals surface area contributed by atoms with Gasteiger partial charge in [-0.2, -0.15) is 4.98 Å². The Hall–Kier alpha value is -4.24. The van der Waals surface area contributed by atoms with Crippen LogP contribution in [0.4, 0.5) is 5.69 Å². The molecule has 158 valence electrons. The van der Waals surface area contributed by atoms with Crippen molar-refractivity contribution in [1.29, 1.82) is 0 Å². The molecule has 0 saturated heterocycles. The van der Waals surface area contributed by atoms with Gasteiger partial charge in [0.1, 0.15) is 6.54 Å². The monoisotopic (exact) mass is 446 g/mol. The molecule has 0 spiro atoms. The van der Waals surface area contributed by atoms with E-state index in [0.29, 0.717) is 33.3 Å². The Labute approximate surface area is 185 Å². The first-order valence-electron chi connectivity index (χ1n) is 9.61. The number of para-hydroxylation sites is 1. The van der Waals surface area contributed by atoms with E-state index >= 15 is 0 Å². The van der Waals surface area contributed by atoms with E-state index in [0.717, 1.165) is 4.68 Å². The van der Waals surface area contributed by atoms with Gasteiger partial charge in [-0.15, -0.1) is 5.10 Å². The SMILES string of the molecule is O=C(Cn1nc2c(-c3nc(-c4cccc(Cl)c4)no3)cccn2c1=O)Nc1ccccc1. The van der Waals surface area contributed by atoms with Crippen molar-refractivity contribution >= 4 is 28.8 Å². The van der Waals surface area contributed by atoms with E-state index in [9.17, 15) is 9.59 Å². The number of amides is 1. The summed E-state index contributed by atoms with van der Waals surface area (Å²) in [5, 5.41) is 11.6. The van der Waals surface area contributed by atoms with Crippen molar-refractivity contribution in [3.05, 3.63) is 88.4 Å². The van der Waals surface area contributed by atoms with Crippen molar-refractivity contribution in [3.63, 3.8) is 0 Å². The second kappa shape index (κ2) is 8.12. The third-order valence-corrected chi connectivity index (χ3v) is 4.93. The lowest BCUT2D eigenvalue weighted by Crippen LogP contribution is -2.28. The molecule has 0 radical (unpaired) electrons. The number of fused-ring (bicyclic) bond motifs is 1. The minimum absolute atomic E-state index is 0.191. The van der Waals surface area contributed by atoms with Crippen LogP contribution in [0.2, 0.25) is 5.02 Å². The van der Waals surface area contributed by atoms with Crippen LogP contribution in [0.15, 0.2) is 82.2 Å². The van der Waals surface area contributed by atoms with Crippen molar-refractivity contribution < 1.29 is 9.32 Å². The average Bonchev–Trinajstić information content (AvgIpc) is 3.40. The fourth-order valence-corrected chi connectivity index (χ4v) is 3.43. The van der Waals surface area contributed by atoms with E-state index in [2.05, 4.69) is 20.6 Å². The van der Waals surface area contributed by atoms with Gasteiger partial charge in [-0.25, -0.2) is 13.9 Å². The summed E-state index contributed by atoms with van der Waals surface area (Å²) in [6, 6.07) is 19.4. The van der Waals surface area contributed by atoms with Gasteiger partial charge in [0.15, 0.2) is 5.65 Å². The number of anilines is 1. The normalized spacial score (nSPS) is 11.0. The summed E-state index contributed by atoms with van der Waals surface area (Å²) in [6.07, 6.45) is 1.56. The third-order valence-electron chi connectivity index (χ3n) is 4.70. The van der Waals surface area contributed by atoms with Crippen LogP contribution < -0.4 is 11.0 Å². The molecule has 5 aromatic rings. The molecule has 0 unspecified atom stereocenters. The number of benzene rings is 2. The quantitative estimate of drug-likeness (QED) is 0.442. The van der Waals surface area contributed by atoms with E-state index in [1.54, 1.807) is 60.8 Å². The van der Waals surface area contributed by atoms with Gasteiger partial charge < -0.3 is 9.84 Å². The molecular weight excluding hydrogens is 432 g/mol. The Balaban J connectivity index is 1.47. The van der Waals surface area contributed by atoms with Gasteiger partial charge in [0.2, 0.25) is 11.7 Å². The molecule has 3 heterocycles. The molecule has 9 nitrogen and oxygen atoms in total. The first kappa shape index (κ1) is 19.7. The molecule has 3 aromatic heterocycles.